The van der Waals surface area contributed by atoms with Crippen LogP contribution in [0.4, 0.5) is 0 Å². The van der Waals surface area contributed by atoms with Crippen molar-refractivity contribution in [3.05, 3.63) is 14.7 Å². The number of carboxylic acids is 1. The molecular weight excluding hydrogens is 372 g/mol. The monoisotopic (exact) mass is 384 g/mol. The van der Waals surface area contributed by atoms with E-state index in [1.54, 1.807) is 6.92 Å². The van der Waals surface area contributed by atoms with E-state index >= 15 is 0 Å². The average molecular weight is 385 g/mol. The lowest BCUT2D eigenvalue weighted by atomic mass is 10.4. The van der Waals surface area contributed by atoms with Crippen molar-refractivity contribution in [2.45, 2.75) is 18.2 Å². The first-order chi connectivity index (χ1) is 9.27. The van der Waals surface area contributed by atoms with Gasteiger partial charge in [0.1, 0.15) is 9.77 Å². The van der Waals surface area contributed by atoms with Gasteiger partial charge in [-0.2, -0.15) is 0 Å². The molecule has 1 heterocycles. The van der Waals surface area contributed by atoms with Gasteiger partial charge in [0, 0.05) is 19.5 Å². The predicted molar refractivity (Wildman–Crippen MR) is 77.5 cm³/mol. The number of nitrogens with one attached hydrogen (secondary N) is 2. The predicted octanol–water partition coefficient (Wildman–Crippen LogP) is 1.01. The summed E-state index contributed by atoms with van der Waals surface area (Å²) in [4.78, 5) is 21.8. The molecule has 0 aliphatic heterocycles. The summed E-state index contributed by atoms with van der Waals surface area (Å²) < 4.78 is 26.4. The molecule has 0 fully saturated rings. The van der Waals surface area contributed by atoms with Gasteiger partial charge in [0.05, 0.1) is 3.79 Å². The quantitative estimate of drug-likeness (QED) is 0.649. The molecule has 0 aliphatic carbocycles. The van der Waals surface area contributed by atoms with Crippen molar-refractivity contribution < 1.29 is 23.1 Å². The van der Waals surface area contributed by atoms with E-state index in [4.69, 9.17) is 5.11 Å². The number of amides is 1. The second kappa shape index (κ2) is 7.16. The highest BCUT2D eigenvalue weighted by atomic mass is 79.9. The summed E-state index contributed by atoms with van der Waals surface area (Å²) in [5, 5.41) is 11.4. The molecule has 0 saturated carbocycles. The van der Waals surface area contributed by atoms with Gasteiger partial charge in [-0.1, -0.05) is 0 Å². The lowest BCUT2D eigenvalue weighted by Gasteiger charge is -2.05. The van der Waals surface area contributed by atoms with E-state index in [1.165, 1.54) is 0 Å². The maximum absolute atomic E-state index is 12.0. The topological polar surface area (TPSA) is 113 Å². The van der Waals surface area contributed by atoms with Crippen LogP contribution in [-0.2, 0) is 14.8 Å². The fraction of sp³-hybridized carbons (Fsp3) is 0.400. The van der Waals surface area contributed by atoms with Crippen LogP contribution in [0.3, 0.4) is 0 Å². The Morgan fingerprint density at radius 2 is 2.10 bits per heavy atom. The summed E-state index contributed by atoms with van der Waals surface area (Å²) in [6, 6.07) is 1.07. The maximum Gasteiger partial charge on any atom is 0.345 e. The number of carboxylic acid groups (broad SMARTS) is 1. The lowest BCUT2D eigenvalue weighted by Crippen LogP contribution is -2.30. The zero-order valence-corrected chi connectivity index (χ0v) is 13.7. The summed E-state index contributed by atoms with van der Waals surface area (Å²) >= 11 is 3.84. The summed E-state index contributed by atoms with van der Waals surface area (Å²) in [6.45, 7) is 2.18. The molecule has 0 aliphatic rings. The van der Waals surface area contributed by atoms with Gasteiger partial charge in [0.15, 0.2) is 0 Å². The molecule has 0 unspecified atom stereocenters. The molecule has 0 saturated heterocycles. The van der Waals surface area contributed by atoms with Crippen molar-refractivity contribution in [2.24, 2.45) is 0 Å². The Morgan fingerprint density at radius 3 is 2.60 bits per heavy atom. The zero-order chi connectivity index (χ0) is 15.3. The number of carbonyl (C=O) groups excluding carboxylic acids is 1. The number of rotatable bonds is 7. The molecule has 7 nitrogen and oxygen atoms in total. The van der Waals surface area contributed by atoms with Gasteiger partial charge in [-0.15, -0.1) is 11.3 Å². The standard InChI is InChI=1S/C10H13BrN2O5S2/c1-2-12-8(14)3-4-13-20(17,18)7-5-6(10(15)16)19-9(7)11/h5,13H,2-4H2,1H3,(H,12,14)(H,15,16). The van der Waals surface area contributed by atoms with Crippen LogP contribution in [0, 0.1) is 0 Å². The summed E-state index contributed by atoms with van der Waals surface area (Å²) in [5.74, 6) is -1.45. The second-order valence-corrected chi connectivity index (χ2v) is 7.76. The highest BCUT2D eigenvalue weighted by Crippen LogP contribution is 2.31. The molecular formula is C10H13BrN2O5S2. The van der Waals surface area contributed by atoms with Crippen LogP contribution in [0.5, 0.6) is 0 Å². The number of hydrogen-bond acceptors (Lipinski definition) is 5. The average Bonchev–Trinajstić information content (AvgIpc) is 2.72. The first-order valence-electron chi connectivity index (χ1n) is 5.57. The lowest BCUT2D eigenvalue weighted by molar-refractivity contribution is -0.120. The molecule has 1 amide bonds. The normalized spacial score (nSPS) is 11.3. The SMILES string of the molecule is CCNC(=O)CCNS(=O)(=O)c1cc(C(=O)O)sc1Br. The molecule has 0 spiro atoms. The molecule has 20 heavy (non-hydrogen) atoms. The molecule has 0 radical (unpaired) electrons. The van der Waals surface area contributed by atoms with Crippen molar-refractivity contribution in [3.8, 4) is 0 Å². The first kappa shape index (κ1) is 17.1. The molecule has 112 valence electrons. The Labute approximate surface area is 128 Å². The third-order valence-corrected chi connectivity index (χ3v) is 5.87. The Bertz CT molecular complexity index is 611. The van der Waals surface area contributed by atoms with Gasteiger partial charge in [0.2, 0.25) is 15.9 Å². The fourth-order valence-corrected chi connectivity index (χ4v) is 4.74. The smallest absolute Gasteiger partial charge is 0.345 e. The van der Waals surface area contributed by atoms with E-state index in [0.29, 0.717) is 6.54 Å². The molecule has 10 heteroatoms. The molecule has 0 atom stereocenters. The van der Waals surface area contributed by atoms with Crippen LogP contribution < -0.4 is 10.0 Å². The van der Waals surface area contributed by atoms with Crippen molar-refractivity contribution >= 4 is 49.2 Å². The molecule has 3 N–H and O–H groups in total. The summed E-state index contributed by atoms with van der Waals surface area (Å²) in [5.41, 5.74) is 0. The van der Waals surface area contributed by atoms with E-state index < -0.39 is 16.0 Å². The van der Waals surface area contributed by atoms with Crippen molar-refractivity contribution in [1.82, 2.24) is 10.0 Å². The summed E-state index contributed by atoms with van der Waals surface area (Å²) in [6.07, 6.45) is 0.0145. The summed E-state index contributed by atoms with van der Waals surface area (Å²) in [7, 11) is -3.84. The Hall–Kier alpha value is -0.970. The number of sulfonamides is 1. The minimum atomic E-state index is -3.84. The minimum absolute atomic E-state index is 0.0145. The molecule has 1 aromatic rings. The number of carbonyl (C=O) groups is 2. The molecule has 1 aromatic heterocycles. The van der Waals surface area contributed by atoms with Gasteiger partial charge in [-0.05, 0) is 28.9 Å². The van der Waals surface area contributed by atoms with Gasteiger partial charge >= 0.3 is 5.97 Å². The van der Waals surface area contributed by atoms with Crippen LogP contribution in [0.2, 0.25) is 0 Å². The van der Waals surface area contributed by atoms with Crippen LogP contribution >= 0.6 is 27.3 Å². The van der Waals surface area contributed by atoms with E-state index in [-0.39, 0.29) is 32.4 Å². The van der Waals surface area contributed by atoms with Crippen LogP contribution in [0.25, 0.3) is 0 Å². The van der Waals surface area contributed by atoms with Gasteiger partial charge in [-0.25, -0.2) is 17.9 Å². The molecule has 0 bridgehead atoms. The molecule has 0 aromatic carbocycles. The van der Waals surface area contributed by atoms with Crippen LogP contribution in [0.15, 0.2) is 14.7 Å². The van der Waals surface area contributed by atoms with Gasteiger partial charge < -0.3 is 10.4 Å². The zero-order valence-electron chi connectivity index (χ0n) is 10.5. The Balaban J connectivity index is 2.74. The van der Waals surface area contributed by atoms with Crippen molar-refractivity contribution in [3.63, 3.8) is 0 Å². The van der Waals surface area contributed by atoms with E-state index in [2.05, 4.69) is 26.0 Å². The minimum Gasteiger partial charge on any atom is -0.477 e. The highest BCUT2D eigenvalue weighted by Gasteiger charge is 2.22. The second-order valence-electron chi connectivity index (χ2n) is 3.66. The number of hydrogen-bond donors (Lipinski definition) is 3. The van der Waals surface area contributed by atoms with Crippen molar-refractivity contribution in [2.75, 3.05) is 13.1 Å². The van der Waals surface area contributed by atoms with E-state index in [9.17, 15) is 18.0 Å². The van der Waals surface area contributed by atoms with Gasteiger partial charge in [0.25, 0.3) is 0 Å². The van der Waals surface area contributed by atoms with Crippen LogP contribution in [-0.4, -0.2) is 38.5 Å². The van der Waals surface area contributed by atoms with E-state index in [0.717, 1.165) is 17.4 Å². The van der Waals surface area contributed by atoms with Crippen molar-refractivity contribution in [1.29, 1.82) is 0 Å². The maximum atomic E-state index is 12.0. The first-order valence-corrected chi connectivity index (χ1v) is 8.66. The van der Waals surface area contributed by atoms with E-state index in [1.807, 2.05) is 0 Å². The number of aromatic carboxylic acids is 1. The highest BCUT2D eigenvalue weighted by molar-refractivity contribution is 9.11. The molecule has 1 rings (SSSR count). The Kier molecular flexibility index (Phi) is 6.11. The third-order valence-electron chi connectivity index (χ3n) is 2.17. The van der Waals surface area contributed by atoms with Crippen LogP contribution in [0.1, 0.15) is 23.0 Å². The number of thiophene rings is 1. The third kappa shape index (κ3) is 4.54. The number of halogens is 1. The largest absolute Gasteiger partial charge is 0.477 e. The fourth-order valence-electron chi connectivity index (χ4n) is 1.30. The Morgan fingerprint density at radius 1 is 1.45 bits per heavy atom. The van der Waals surface area contributed by atoms with Gasteiger partial charge in [-0.3, -0.25) is 4.79 Å².